The highest BCUT2D eigenvalue weighted by atomic mass is 35.5. The Morgan fingerprint density at radius 2 is 2.05 bits per heavy atom. The molecule has 0 radical (unpaired) electrons. The molecule has 1 unspecified atom stereocenters. The lowest BCUT2D eigenvalue weighted by atomic mass is 10.1. The highest BCUT2D eigenvalue weighted by Gasteiger charge is 2.33. The third kappa shape index (κ3) is 4.33. The zero-order chi connectivity index (χ0) is 14.7. The minimum absolute atomic E-state index is 0. The number of rotatable bonds is 4. The number of carbonyl (C=O) groups excluding carboxylic acids is 1. The zero-order valence-electron chi connectivity index (χ0n) is 12.3. The molecule has 1 aliphatic rings. The summed E-state index contributed by atoms with van der Waals surface area (Å²) in [4.78, 5) is 14.2. The van der Waals surface area contributed by atoms with Gasteiger partial charge in [0, 0.05) is 18.6 Å². The van der Waals surface area contributed by atoms with Crippen LogP contribution in [0.1, 0.15) is 31.4 Å². The van der Waals surface area contributed by atoms with Gasteiger partial charge in [0.15, 0.2) is 0 Å². The third-order valence-electron chi connectivity index (χ3n) is 3.93. The lowest BCUT2D eigenvalue weighted by Crippen LogP contribution is -2.38. The number of hydrogen-bond donors (Lipinski definition) is 1. The molecule has 0 saturated carbocycles. The summed E-state index contributed by atoms with van der Waals surface area (Å²) < 4.78 is 5.66. The van der Waals surface area contributed by atoms with Crippen LogP contribution in [0, 0.1) is 0 Å². The van der Waals surface area contributed by atoms with Gasteiger partial charge in [-0.1, -0.05) is 23.7 Å². The van der Waals surface area contributed by atoms with Crippen molar-refractivity contribution in [2.45, 2.75) is 38.0 Å². The summed E-state index contributed by atoms with van der Waals surface area (Å²) in [5.74, 6) is 0.0170. The summed E-state index contributed by atoms with van der Waals surface area (Å²) in [6.45, 7) is 2.47. The van der Waals surface area contributed by atoms with Crippen LogP contribution in [0.15, 0.2) is 24.3 Å². The number of carbonyl (C=O) groups is 1. The van der Waals surface area contributed by atoms with Crippen molar-refractivity contribution >= 4 is 29.9 Å². The van der Waals surface area contributed by atoms with E-state index in [1.54, 1.807) is 11.9 Å². The van der Waals surface area contributed by atoms with E-state index in [4.69, 9.17) is 22.1 Å². The highest BCUT2D eigenvalue weighted by molar-refractivity contribution is 6.30. The van der Waals surface area contributed by atoms with Gasteiger partial charge >= 0.3 is 0 Å². The molecule has 2 rings (SSSR count). The van der Waals surface area contributed by atoms with Crippen LogP contribution in [0.2, 0.25) is 5.02 Å². The maximum atomic E-state index is 12.4. The molecule has 1 aromatic rings. The molecule has 0 spiro atoms. The van der Waals surface area contributed by atoms with E-state index in [1.807, 2.05) is 31.2 Å². The fraction of sp³-hybridized carbons (Fsp3) is 0.533. The van der Waals surface area contributed by atoms with Crippen LogP contribution in [0.25, 0.3) is 0 Å². The van der Waals surface area contributed by atoms with Crippen molar-refractivity contribution in [3.8, 4) is 0 Å². The molecule has 2 N–H and O–H groups in total. The molecule has 1 aliphatic heterocycles. The standard InChI is InChI=1S/C15H21ClN2O2.ClH/c1-10(11-3-5-12(16)6-4-11)18(2)15(19)14-8-7-13(9-17)20-14;/h3-6,10,13-14H,7-9,17H2,1-2H3;1H/t10?,13-,14+;/m1./s1. The van der Waals surface area contributed by atoms with E-state index in [9.17, 15) is 4.79 Å². The molecule has 6 heteroatoms. The number of benzene rings is 1. The van der Waals surface area contributed by atoms with E-state index in [2.05, 4.69) is 0 Å². The predicted octanol–water partition coefficient (Wildman–Crippen LogP) is 2.79. The molecule has 1 saturated heterocycles. The average molecular weight is 333 g/mol. The van der Waals surface area contributed by atoms with Gasteiger partial charge in [0.25, 0.3) is 5.91 Å². The molecule has 118 valence electrons. The normalized spacial score (nSPS) is 22.5. The van der Waals surface area contributed by atoms with E-state index in [0.29, 0.717) is 11.6 Å². The zero-order valence-corrected chi connectivity index (χ0v) is 13.9. The van der Waals surface area contributed by atoms with E-state index in [0.717, 1.165) is 18.4 Å². The first-order chi connectivity index (χ1) is 9.52. The van der Waals surface area contributed by atoms with Gasteiger partial charge in [0.05, 0.1) is 12.1 Å². The average Bonchev–Trinajstić information content (AvgIpc) is 2.94. The highest BCUT2D eigenvalue weighted by Crippen LogP contribution is 2.25. The monoisotopic (exact) mass is 332 g/mol. The number of halogens is 2. The maximum Gasteiger partial charge on any atom is 0.251 e. The topological polar surface area (TPSA) is 55.6 Å². The molecule has 1 fully saturated rings. The first kappa shape index (κ1) is 18.2. The Labute approximate surface area is 137 Å². The molecule has 0 aromatic heterocycles. The van der Waals surface area contributed by atoms with Gasteiger partial charge in [-0.05, 0) is 37.5 Å². The van der Waals surface area contributed by atoms with E-state index in [-0.39, 0.29) is 36.6 Å². The Morgan fingerprint density at radius 1 is 1.43 bits per heavy atom. The summed E-state index contributed by atoms with van der Waals surface area (Å²) in [6.07, 6.45) is 1.26. The molecular formula is C15H22Cl2N2O2. The van der Waals surface area contributed by atoms with Gasteiger partial charge in [-0.2, -0.15) is 0 Å². The lowest BCUT2D eigenvalue weighted by Gasteiger charge is -2.28. The molecular weight excluding hydrogens is 311 g/mol. The van der Waals surface area contributed by atoms with Crippen LogP contribution in [0.5, 0.6) is 0 Å². The molecule has 1 amide bonds. The molecule has 1 heterocycles. The van der Waals surface area contributed by atoms with Crippen molar-refractivity contribution in [3.63, 3.8) is 0 Å². The number of amides is 1. The Balaban J connectivity index is 0.00000220. The van der Waals surface area contributed by atoms with E-state index < -0.39 is 0 Å². The van der Waals surface area contributed by atoms with Crippen LogP contribution in [0.3, 0.4) is 0 Å². The van der Waals surface area contributed by atoms with Crippen LogP contribution in [-0.4, -0.2) is 36.6 Å². The smallest absolute Gasteiger partial charge is 0.251 e. The maximum absolute atomic E-state index is 12.4. The van der Waals surface area contributed by atoms with Gasteiger partial charge in [0.2, 0.25) is 0 Å². The first-order valence-corrected chi connectivity index (χ1v) is 7.28. The van der Waals surface area contributed by atoms with Crippen molar-refractivity contribution in [1.82, 2.24) is 4.90 Å². The van der Waals surface area contributed by atoms with Crippen molar-refractivity contribution in [2.24, 2.45) is 5.73 Å². The fourth-order valence-electron chi connectivity index (χ4n) is 2.44. The van der Waals surface area contributed by atoms with Crippen LogP contribution < -0.4 is 5.73 Å². The second kappa shape index (κ2) is 7.99. The fourth-order valence-corrected chi connectivity index (χ4v) is 2.57. The minimum atomic E-state index is -0.358. The summed E-state index contributed by atoms with van der Waals surface area (Å²) in [5.41, 5.74) is 6.63. The molecule has 21 heavy (non-hydrogen) atoms. The van der Waals surface area contributed by atoms with Gasteiger partial charge < -0.3 is 15.4 Å². The number of ether oxygens (including phenoxy) is 1. The number of likely N-dealkylation sites (N-methyl/N-ethyl adjacent to an activating group) is 1. The Bertz CT molecular complexity index is 467. The van der Waals surface area contributed by atoms with Gasteiger partial charge in [0.1, 0.15) is 6.10 Å². The summed E-state index contributed by atoms with van der Waals surface area (Å²) in [7, 11) is 1.81. The quantitative estimate of drug-likeness (QED) is 0.922. The second-order valence-electron chi connectivity index (χ2n) is 5.24. The summed E-state index contributed by atoms with van der Waals surface area (Å²) in [6, 6.07) is 7.54. The van der Waals surface area contributed by atoms with E-state index >= 15 is 0 Å². The number of nitrogens with zero attached hydrogens (tertiary/aromatic N) is 1. The summed E-state index contributed by atoms with van der Waals surface area (Å²) in [5, 5.41) is 0.694. The Kier molecular flexibility index (Phi) is 6.94. The second-order valence-corrected chi connectivity index (χ2v) is 5.67. The predicted molar refractivity (Wildman–Crippen MR) is 86.8 cm³/mol. The van der Waals surface area contributed by atoms with Crippen LogP contribution >= 0.6 is 24.0 Å². The molecule has 4 nitrogen and oxygen atoms in total. The molecule has 1 aromatic carbocycles. The summed E-state index contributed by atoms with van der Waals surface area (Å²) >= 11 is 5.88. The van der Waals surface area contributed by atoms with Crippen molar-refractivity contribution in [1.29, 1.82) is 0 Å². The van der Waals surface area contributed by atoms with Gasteiger partial charge in [-0.25, -0.2) is 0 Å². The van der Waals surface area contributed by atoms with Gasteiger partial charge in [-0.15, -0.1) is 12.4 Å². The van der Waals surface area contributed by atoms with Crippen molar-refractivity contribution in [3.05, 3.63) is 34.9 Å². The largest absolute Gasteiger partial charge is 0.364 e. The van der Waals surface area contributed by atoms with Crippen LogP contribution in [0.4, 0.5) is 0 Å². The Morgan fingerprint density at radius 3 is 2.57 bits per heavy atom. The van der Waals surface area contributed by atoms with Crippen molar-refractivity contribution < 1.29 is 9.53 Å². The molecule has 0 bridgehead atoms. The Hall–Kier alpha value is -0.810. The first-order valence-electron chi connectivity index (χ1n) is 6.90. The van der Waals surface area contributed by atoms with Gasteiger partial charge in [-0.3, -0.25) is 4.79 Å². The van der Waals surface area contributed by atoms with Crippen LogP contribution in [-0.2, 0) is 9.53 Å². The van der Waals surface area contributed by atoms with Crippen molar-refractivity contribution in [2.75, 3.05) is 13.6 Å². The molecule has 0 aliphatic carbocycles. The number of hydrogen-bond acceptors (Lipinski definition) is 3. The SMILES string of the molecule is CC(c1ccc(Cl)cc1)N(C)C(=O)[C@@H]1CC[C@H](CN)O1.Cl. The van der Waals surface area contributed by atoms with E-state index in [1.165, 1.54) is 0 Å². The number of nitrogens with two attached hydrogens (primary N) is 1. The minimum Gasteiger partial charge on any atom is -0.364 e. The third-order valence-corrected chi connectivity index (χ3v) is 4.18. The lowest BCUT2D eigenvalue weighted by molar-refractivity contribution is -0.143. The molecule has 3 atom stereocenters.